The first kappa shape index (κ1) is 13.4. The molecule has 4 rings (SSSR count). The first-order chi connectivity index (χ1) is 10.7. The van der Waals surface area contributed by atoms with E-state index in [0.717, 1.165) is 18.7 Å². The quantitative estimate of drug-likeness (QED) is 0.875. The molecular formula is C17H16FN3O. The lowest BCUT2D eigenvalue weighted by Gasteiger charge is -2.39. The zero-order valence-corrected chi connectivity index (χ0v) is 12.1. The molecule has 2 fully saturated rings. The lowest BCUT2D eigenvalue weighted by Crippen LogP contribution is -2.48. The van der Waals surface area contributed by atoms with Gasteiger partial charge in [-0.1, -0.05) is 18.2 Å². The summed E-state index contributed by atoms with van der Waals surface area (Å²) in [6.45, 7) is 1.09. The summed E-state index contributed by atoms with van der Waals surface area (Å²) in [6.07, 6.45) is 5.51. The van der Waals surface area contributed by atoms with Gasteiger partial charge in [-0.05, 0) is 24.5 Å². The van der Waals surface area contributed by atoms with Crippen molar-refractivity contribution in [3.05, 3.63) is 59.4 Å². The summed E-state index contributed by atoms with van der Waals surface area (Å²) in [5.41, 5.74) is 1.20. The third kappa shape index (κ3) is 2.36. The van der Waals surface area contributed by atoms with Crippen molar-refractivity contribution in [1.29, 1.82) is 0 Å². The van der Waals surface area contributed by atoms with Gasteiger partial charge in [0.2, 0.25) is 0 Å². The van der Waals surface area contributed by atoms with Crippen LogP contribution >= 0.6 is 0 Å². The fourth-order valence-corrected chi connectivity index (χ4v) is 2.83. The van der Waals surface area contributed by atoms with Crippen LogP contribution in [0.5, 0.6) is 0 Å². The van der Waals surface area contributed by atoms with E-state index >= 15 is 0 Å². The first-order valence-corrected chi connectivity index (χ1v) is 7.58. The fourth-order valence-electron chi connectivity index (χ4n) is 2.83. The lowest BCUT2D eigenvalue weighted by molar-refractivity contribution is 0.0598. The number of likely N-dealkylation sites (tertiary alicyclic amines) is 1. The highest BCUT2D eigenvalue weighted by Gasteiger charge is 2.34. The van der Waals surface area contributed by atoms with Gasteiger partial charge in [0.25, 0.3) is 5.91 Å². The minimum Gasteiger partial charge on any atom is -0.337 e. The van der Waals surface area contributed by atoms with Crippen LogP contribution in [-0.4, -0.2) is 33.9 Å². The summed E-state index contributed by atoms with van der Waals surface area (Å²) in [4.78, 5) is 22.6. The summed E-state index contributed by atoms with van der Waals surface area (Å²) >= 11 is 0. The van der Waals surface area contributed by atoms with Crippen LogP contribution in [0.1, 0.15) is 46.4 Å². The molecule has 1 saturated carbocycles. The van der Waals surface area contributed by atoms with Crippen LogP contribution in [0.15, 0.2) is 36.7 Å². The van der Waals surface area contributed by atoms with Crippen molar-refractivity contribution in [2.75, 3.05) is 13.1 Å². The van der Waals surface area contributed by atoms with Crippen LogP contribution in [0.25, 0.3) is 0 Å². The summed E-state index contributed by atoms with van der Waals surface area (Å²) in [7, 11) is 0. The maximum absolute atomic E-state index is 13.7. The number of hydrogen-bond donors (Lipinski definition) is 0. The highest BCUT2D eigenvalue weighted by Crippen LogP contribution is 2.37. The number of nitrogens with zero attached hydrogens (tertiary/aromatic N) is 3. The minimum atomic E-state index is -0.197. The molecule has 0 N–H and O–H groups in total. The van der Waals surface area contributed by atoms with Crippen molar-refractivity contribution in [2.24, 2.45) is 0 Å². The molecule has 5 heteroatoms. The predicted octanol–water partition coefficient (Wildman–Crippen LogP) is 2.73. The molecule has 0 spiro atoms. The molecule has 112 valence electrons. The van der Waals surface area contributed by atoms with Crippen LogP contribution in [0.2, 0.25) is 0 Å². The van der Waals surface area contributed by atoms with E-state index in [-0.39, 0.29) is 17.6 Å². The molecule has 22 heavy (non-hydrogen) atoms. The number of carbonyl (C=O) groups is 1. The Morgan fingerprint density at radius 3 is 2.41 bits per heavy atom. The molecule has 4 nitrogen and oxygen atoms in total. The SMILES string of the molecule is O=C(c1cnc(C2CC2)nc1)N1CC(c2ccccc2F)C1. The van der Waals surface area contributed by atoms with Gasteiger partial charge in [-0.3, -0.25) is 4.79 Å². The Kier molecular flexibility index (Phi) is 3.13. The van der Waals surface area contributed by atoms with Gasteiger partial charge in [-0.15, -0.1) is 0 Å². The van der Waals surface area contributed by atoms with E-state index < -0.39 is 0 Å². The minimum absolute atomic E-state index is 0.0741. The second-order valence-corrected chi connectivity index (χ2v) is 6.03. The Labute approximate surface area is 128 Å². The fraction of sp³-hybridized carbons (Fsp3) is 0.353. The molecule has 0 radical (unpaired) electrons. The smallest absolute Gasteiger partial charge is 0.257 e. The van der Waals surface area contributed by atoms with Gasteiger partial charge in [0, 0.05) is 37.3 Å². The van der Waals surface area contributed by atoms with E-state index in [1.807, 2.05) is 6.07 Å². The van der Waals surface area contributed by atoms with Gasteiger partial charge in [0.05, 0.1) is 5.56 Å². The second-order valence-electron chi connectivity index (χ2n) is 6.03. The Morgan fingerprint density at radius 1 is 1.09 bits per heavy atom. The van der Waals surface area contributed by atoms with E-state index in [1.54, 1.807) is 29.4 Å². The van der Waals surface area contributed by atoms with Crippen molar-refractivity contribution in [3.63, 3.8) is 0 Å². The van der Waals surface area contributed by atoms with Gasteiger partial charge in [-0.2, -0.15) is 0 Å². The van der Waals surface area contributed by atoms with Crippen LogP contribution in [0.4, 0.5) is 4.39 Å². The van der Waals surface area contributed by atoms with E-state index in [4.69, 9.17) is 0 Å². The standard InChI is InChI=1S/C17H16FN3O/c18-15-4-2-1-3-14(15)13-9-21(10-13)17(22)12-7-19-16(20-8-12)11-5-6-11/h1-4,7-8,11,13H,5-6,9-10H2. The molecule has 1 amide bonds. The Bertz CT molecular complexity index is 706. The molecule has 2 aliphatic rings. The monoisotopic (exact) mass is 297 g/mol. The number of amides is 1. The zero-order chi connectivity index (χ0) is 15.1. The van der Waals surface area contributed by atoms with Crippen molar-refractivity contribution < 1.29 is 9.18 Å². The molecule has 2 heterocycles. The number of carbonyl (C=O) groups excluding carboxylic acids is 1. The summed E-state index contributed by atoms with van der Waals surface area (Å²) in [5, 5.41) is 0. The third-order valence-corrected chi connectivity index (χ3v) is 4.38. The van der Waals surface area contributed by atoms with Crippen LogP contribution in [0, 0.1) is 5.82 Å². The maximum atomic E-state index is 13.7. The molecule has 0 bridgehead atoms. The summed E-state index contributed by atoms with van der Waals surface area (Å²) in [6, 6.07) is 6.76. The van der Waals surface area contributed by atoms with Crippen LogP contribution in [0.3, 0.4) is 0 Å². The molecule has 0 unspecified atom stereocenters. The van der Waals surface area contributed by atoms with Crippen molar-refractivity contribution in [3.8, 4) is 0 Å². The topological polar surface area (TPSA) is 46.1 Å². The van der Waals surface area contributed by atoms with E-state index in [2.05, 4.69) is 9.97 Å². The Balaban J connectivity index is 1.41. The molecule has 1 saturated heterocycles. The number of hydrogen-bond acceptors (Lipinski definition) is 3. The van der Waals surface area contributed by atoms with Crippen molar-refractivity contribution in [1.82, 2.24) is 14.9 Å². The average Bonchev–Trinajstić information content (AvgIpc) is 3.32. The van der Waals surface area contributed by atoms with E-state index in [9.17, 15) is 9.18 Å². The van der Waals surface area contributed by atoms with Gasteiger partial charge in [0.1, 0.15) is 11.6 Å². The predicted molar refractivity (Wildman–Crippen MR) is 79.1 cm³/mol. The molecular weight excluding hydrogens is 281 g/mol. The maximum Gasteiger partial charge on any atom is 0.257 e. The normalized spacial score (nSPS) is 18.1. The van der Waals surface area contributed by atoms with Gasteiger partial charge in [-0.25, -0.2) is 14.4 Å². The number of benzene rings is 1. The Hall–Kier alpha value is -2.30. The van der Waals surface area contributed by atoms with Crippen LogP contribution in [-0.2, 0) is 0 Å². The summed E-state index contributed by atoms with van der Waals surface area (Å²) in [5.74, 6) is 1.13. The van der Waals surface area contributed by atoms with Gasteiger partial charge < -0.3 is 4.90 Å². The third-order valence-electron chi connectivity index (χ3n) is 4.38. The van der Waals surface area contributed by atoms with Crippen LogP contribution < -0.4 is 0 Å². The highest BCUT2D eigenvalue weighted by molar-refractivity contribution is 5.94. The molecule has 1 aromatic heterocycles. The number of rotatable bonds is 3. The molecule has 2 aromatic rings. The first-order valence-electron chi connectivity index (χ1n) is 7.58. The lowest BCUT2D eigenvalue weighted by atomic mass is 9.90. The second kappa shape index (κ2) is 5.16. The number of aromatic nitrogens is 2. The molecule has 1 aliphatic heterocycles. The van der Waals surface area contributed by atoms with E-state index in [0.29, 0.717) is 30.1 Å². The van der Waals surface area contributed by atoms with Crippen molar-refractivity contribution >= 4 is 5.91 Å². The average molecular weight is 297 g/mol. The van der Waals surface area contributed by atoms with Crippen molar-refractivity contribution in [2.45, 2.75) is 24.7 Å². The largest absolute Gasteiger partial charge is 0.337 e. The highest BCUT2D eigenvalue weighted by atomic mass is 19.1. The zero-order valence-electron chi connectivity index (χ0n) is 12.1. The van der Waals surface area contributed by atoms with Gasteiger partial charge >= 0.3 is 0 Å². The van der Waals surface area contributed by atoms with Gasteiger partial charge in [0.15, 0.2) is 0 Å². The Morgan fingerprint density at radius 2 is 1.77 bits per heavy atom. The van der Waals surface area contributed by atoms with E-state index in [1.165, 1.54) is 6.07 Å². The number of halogens is 1. The summed E-state index contributed by atoms with van der Waals surface area (Å²) < 4.78 is 13.7. The molecule has 1 aliphatic carbocycles. The molecule has 1 aromatic carbocycles. The molecule has 0 atom stereocenters.